The third kappa shape index (κ3) is 3.73. The van der Waals surface area contributed by atoms with Crippen molar-refractivity contribution < 1.29 is 19.5 Å². The Hall–Kier alpha value is -1.04. The summed E-state index contributed by atoms with van der Waals surface area (Å²) in [6.07, 6.45) is 1.25. The van der Waals surface area contributed by atoms with Gasteiger partial charge in [-0.3, -0.25) is 9.59 Å². The first-order valence-corrected chi connectivity index (χ1v) is 6.58. The fraction of sp³-hybridized carbons (Fsp3) is 0.727. The summed E-state index contributed by atoms with van der Waals surface area (Å²) in [5.74, 6) is -1.01. The molecule has 1 N–H and O–H groups in total. The van der Waals surface area contributed by atoms with Gasteiger partial charge in [-0.25, -0.2) is 4.79 Å². The predicted octanol–water partition coefficient (Wildman–Crippen LogP) is 0.978. The Morgan fingerprint density at radius 3 is 2.65 bits per heavy atom. The number of hydrogen-bond acceptors (Lipinski definition) is 4. The quantitative estimate of drug-likeness (QED) is 0.814. The van der Waals surface area contributed by atoms with Crippen LogP contribution in [0.4, 0.5) is 0 Å². The zero-order chi connectivity index (χ0) is 13.0. The lowest BCUT2D eigenvalue weighted by atomic mass is 10.1. The average Bonchev–Trinajstić information content (AvgIpc) is 2.73. The van der Waals surface area contributed by atoms with E-state index in [0.717, 1.165) is 18.2 Å². The van der Waals surface area contributed by atoms with Crippen LogP contribution in [0.2, 0.25) is 0 Å². The predicted molar refractivity (Wildman–Crippen MR) is 64.7 cm³/mol. The number of nitrogens with zero attached hydrogens (tertiary/aromatic N) is 1. The van der Waals surface area contributed by atoms with Crippen LogP contribution in [0.5, 0.6) is 0 Å². The van der Waals surface area contributed by atoms with E-state index in [1.165, 1.54) is 11.8 Å². The summed E-state index contributed by atoms with van der Waals surface area (Å²) < 4.78 is 0. The molecule has 1 fully saturated rings. The van der Waals surface area contributed by atoms with Gasteiger partial charge in [0.1, 0.15) is 6.04 Å². The van der Waals surface area contributed by atoms with Gasteiger partial charge in [0.05, 0.1) is 0 Å². The molecular weight excluding hydrogens is 242 g/mol. The first-order chi connectivity index (χ1) is 7.93. The van der Waals surface area contributed by atoms with Crippen molar-refractivity contribution in [3.63, 3.8) is 0 Å². The molecule has 5 nitrogen and oxygen atoms in total. The van der Waals surface area contributed by atoms with Crippen molar-refractivity contribution in [2.45, 2.75) is 32.7 Å². The largest absolute Gasteiger partial charge is 0.480 e. The maximum Gasteiger partial charge on any atom is 0.326 e. The number of hydrogen-bond donors (Lipinski definition) is 1. The Morgan fingerprint density at radius 2 is 2.12 bits per heavy atom. The van der Waals surface area contributed by atoms with E-state index >= 15 is 0 Å². The van der Waals surface area contributed by atoms with Gasteiger partial charge >= 0.3 is 5.97 Å². The average molecular weight is 259 g/mol. The summed E-state index contributed by atoms with van der Waals surface area (Å²) in [4.78, 5) is 35.2. The third-order valence-electron chi connectivity index (χ3n) is 2.78. The van der Waals surface area contributed by atoms with Crippen LogP contribution in [-0.4, -0.2) is 45.3 Å². The van der Waals surface area contributed by atoms with Crippen molar-refractivity contribution in [1.82, 2.24) is 4.90 Å². The molecule has 0 bridgehead atoms. The van der Waals surface area contributed by atoms with E-state index in [1.54, 1.807) is 6.92 Å². The van der Waals surface area contributed by atoms with Crippen molar-refractivity contribution in [3.05, 3.63) is 0 Å². The highest BCUT2D eigenvalue weighted by Crippen LogP contribution is 2.21. The standard InChI is InChI=1S/C11H17NO4S/c1-7(6-17-8(2)13)10(14)12-5-3-4-9(12)11(15)16/h7,9H,3-6H2,1-2H3,(H,15,16)/t7?,9-/m1/s1. The molecule has 1 heterocycles. The molecule has 96 valence electrons. The molecule has 0 aromatic heterocycles. The minimum atomic E-state index is -0.942. The number of carboxylic acid groups (broad SMARTS) is 1. The van der Waals surface area contributed by atoms with Crippen LogP contribution in [0.1, 0.15) is 26.7 Å². The summed E-state index contributed by atoms with van der Waals surface area (Å²) in [6, 6.07) is -0.688. The molecule has 2 atom stereocenters. The normalized spacial score (nSPS) is 21.3. The zero-order valence-corrected chi connectivity index (χ0v) is 10.8. The number of carboxylic acids is 1. The molecule has 17 heavy (non-hydrogen) atoms. The van der Waals surface area contributed by atoms with Gasteiger partial charge in [0.15, 0.2) is 5.12 Å². The second kappa shape index (κ2) is 6.05. The monoisotopic (exact) mass is 259 g/mol. The maximum atomic E-state index is 12.0. The molecule has 1 saturated heterocycles. The molecule has 0 saturated carbocycles. The van der Waals surface area contributed by atoms with Crippen LogP contribution >= 0.6 is 11.8 Å². The van der Waals surface area contributed by atoms with Crippen LogP contribution < -0.4 is 0 Å². The maximum absolute atomic E-state index is 12.0. The number of aliphatic carboxylic acids is 1. The van der Waals surface area contributed by atoms with Crippen LogP contribution in [0.3, 0.4) is 0 Å². The van der Waals surface area contributed by atoms with E-state index in [9.17, 15) is 14.4 Å². The van der Waals surface area contributed by atoms with E-state index in [4.69, 9.17) is 5.11 Å². The summed E-state index contributed by atoms with van der Waals surface area (Å²) >= 11 is 1.10. The van der Waals surface area contributed by atoms with Gasteiger partial charge in [-0.1, -0.05) is 18.7 Å². The lowest BCUT2D eigenvalue weighted by Gasteiger charge is -2.24. The highest BCUT2D eigenvalue weighted by molar-refractivity contribution is 8.13. The number of carbonyl (C=O) groups excluding carboxylic acids is 2. The molecule has 1 aliphatic heterocycles. The Labute approximate surface area is 105 Å². The second-order valence-corrected chi connectivity index (χ2v) is 5.43. The molecular formula is C11H17NO4S. The van der Waals surface area contributed by atoms with Gasteiger partial charge in [0, 0.05) is 25.1 Å². The highest BCUT2D eigenvalue weighted by Gasteiger charge is 2.35. The Balaban J connectivity index is 2.56. The van der Waals surface area contributed by atoms with Crippen LogP contribution in [0.15, 0.2) is 0 Å². The van der Waals surface area contributed by atoms with Gasteiger partial charge in [0.2, 0.25) is 5.91 Å². The van der Waals surface area contributed by atoms with Gasteiger partial charge < -0.3 is 10.0 Å². The molecule has 6 heteroatoms. The highest BCUT2D eigenvalue weighted by atomic mass is 32.2. The van der Waals surface area contributed by atoms with Gasteiger partial charge in [-0.2, -0.15) is 0 Å². The molecule has 0 aliphatic carbocycles. The first kappa shape index (κ1) is 14.0. The fourth-order valence-electron chi connectivity index (χ4n) is 1.88. The number of thioether (sulfide) groups is 1. The first-order valence-electron chi connectivity index (χ1n) is 5.60. The molecule has 1 amide bonds. The van der Waals surface area contributed by atoms with Gasteiger partial charge in [-0.05, 0) is 12.8 Å². The Bertz CT molecular complexity index is 331. The summed E-state index contributed by atoms with van der Waals surface area (Å²) in [6.45, 7) is 3.69. The Morgan fingerprint density at radius 1 is 1.47 bits per heavy atom. The minimum absolute atomic E-state index is 0.0270. The lowest BCUT2D eigenvalue weighted by molar-refractivity contribution is -0.149. The molecule has 0 aromatic carbocycles. The van der Waals surface area contributed by atoms with Crippen LogP contribution in [0, 0.1) is 5.92 Å². The number of rotatable bonds is 4. The third-order valence-corrected chi connectivity index (χ3v) is 3.85. The smallest absolute Gasteiger partial charge is 0.326 e. The minimum Gasteiger partial charge on any atom is -0.480 e. The number of likely N-dealkylation sites (tertiary alicyclic amines) is 1. The van der Waals surface area contributed by atoms with E-state index in [-0.39, 0.29) is 16.9 Å². The van der Waals surface area contributed by atoms with Crippen molar-refractivity contribution in [1.29, 1.82) is 0 Å². The summed E-state index contributed by atoms with van der Waals surface area (Å²) in [7, 11) is 0. The SMILES string of the molecule is CC(=O)SCC(C)C(=O)N1CCC[C@@H]1C(=O)O. The van der Waals surface area contributed by atoms with E-state index in [0.29, 0.717) is 18.7 Å². The molecule has 1 unspecified atom stereocenters. The van der Waals surface area contributed by atoms with Crippen molar-refractivity contribution in [2.75, 3.05) is 12.3 Å². The van der Waals surface area contributed by atoms with E-state index in [2.05, 4.69) is 0 Å². The molecule has 0 spiro atoms. The second-order valence-electron chi connectivity index (χ2n) is 4.23. The van der Waals surface area contributed by atoms with Crippen LogP contribution in [0.25, 0.3) is 0 Å². The van der Waals surface area contributed by atoms with Gasteiger partial charge in [-0.15, -0.1) is 0 Å². The van der Waals surface area contributed by atoms with Gasteiger partial charge in [0.25, 0.3) is 0 Å². The van der Waals surface area contributed by atoms with E-state index < -0.39 is 12.0 Å². The molecule has 0 radical (unpaired) electrons. The molecule has 0 aromatic rings. The topological polar surface area (TPSA) is 74.7 Å². The number of amides is 1. The van der Waals surface area contributed by atoms with Crippen molar-refractivity contribution >= 4 is 28.8 Å². The zero-order valence-electron chi connectivity index (χ0n) is 10.0. The van der Waals surface area contributed by atoms with Crippen molar-refractivity contribution in [2.24, 2.45) is 5.92 Å². The summed E-state index contributed by atoms with van der Waals surface area (Å²) in [5.41, 5.74) is 0. The van der Waals surface area contributed by atoms with Crippen LogP contribution in [-0.2, 0) is 14.4 Å². The van der Waals surface area contributed by atoms with E-state index in [1.807, 2.05) is 0 Å². The lowest BCUT2D eigenvalue weighted by Crippen LogP contribution is -2.43. The number of carbonyl (C=O) groups is 3. The molecule has 1 rings (SSSR count). The Kier molecular flexibility index (Phi) is 4.99. The molecule has 1 aliphatic rings. The summed E-state index contributed by atoms with van der Waals surface area (Å²) in [5, 5.41) is 8.95. The van der Waals surface area contributed by atoms with Crippen molar-refractivity contribution in [3.8, 4) is 0 Å². The fourth-order valence-corrected chi connectivity index (χ4v) is 2.51.